The Hall–Kier alpha value is -3.11. The fourth-order valence-electron chi connectivity index (χ4n) is 3.14. The first kappa shape index (κ1) is 20.6. The zero-order valence-corrected chi connectivity index (χ0v) is 15.8. The number of aromatic amines is 1. The van der Waals surface area contributed by atoms with Crippen molar-refractivity contribution in [1.82, 2.24) is 19.9 Å². The third-order valence-electron chi connectivity index (χ3n) is 4.64. The number of aromatic nitrogens is 3. The maximum absolute atomic E-state index is 12.9. The molecule has 8 nitrogen and oxygen atoms in total. The Balaban J connectivity index is 1.76. The van der Waals surface area contributed by atoms with Crippen molar-refractivity contribution in [3.63, 3.8) is 0 Å². The summed E-state index contributed by atoms with van der Waals surface area (Å²) in [6.07, 6.45) is -1.44. The van der Waals surface area contributed by atoms with Gasteiger partial charge in [-0.05, 0) is 12.0 Å². The van der Waals surface area contributed by atoms with Crippen molar-refractivity contribution in [3.8, 4) is 5.75 Å². The van der Waals surface area contributed by atoms with Crippen LogP contribution >= 0.6 is 0 Å². The first-order chi connectivity index (χ1) is 13.7. The number of nitrogens with one attached hydrogen (secondary N) is 1. The molecule has 0 spiro atoms. The molecule has 0 bridgehead atoms. The number of carbonyl (C=O) groups is 1. The molecule has 0 aliphatic carbocycles. The lowest BCUT2D eigenvalue weighted by molar-refractivity contribution is -0.138. The highest BCUT2D eigenvalue weighted by molar-refractivity contribution is 5.71. The van der Waals surface area contributed by atoms with Gasteiger partial charge in [0, 0.05) is 44.3 Å². The van der Waals surface area contributed by atoms with Crippen LogP contribution in [0.1, 0.15) is 19.4 Å². The minimum absolute atomic E-state index is 0.0513. The van der Waals surface area contributed by atoms with Crippen molar-refractivity contribution in [1.29, 1.82) is 0 Å². The van der Waals surface area contributed by atoms with Crippen molar-refractivity contribution >= 4 is 12.0 Å². The van der Waals surface area contributed by atoms with E-state index in [0.717, 1.165) is 6.20 Å². The molecule has 2 aromatic rings. The third kappa shape index (κ3) is 4.66. The summed E-state index contributed by atoms with van der Waals surface area (Å²) < 4.78 is 43.8. The van der Waals surface area contributed by atoms with Crippen LogP contribution in [0.15, 0.2) is 35.5 Å². The van der Waals surface area contributed by atoms with Crippen LogP contribution in [-0.2, 0) is 6.18 Å². The Morgan fingerprint density at radius 2 is 1.97 bits per heavy atom. The second-order valence-electron chi connectivity index (χ2n) is 6.94. The minimum Gasteiger partial charge on any atom is -0.409 e. The molecule has 1 fully saturated rings. The lowest BCUT2D eigenvalue weighted by atomic mass is 10.0. The second kappa shape index (κ2) is 8.10. The number of hydrogen-bond donors (Lipinski definition) is 1. The molecule has 1 aliphatic rings. The smallest absolute Gasteiger partial charge is 0.409 e. The van der Waals surface area contributed by atoms with E-state index in [2.05, 4.69) is 9.97 Å². The largest absolute Gasteiger partial charge is 0.421 e. The van der Waals surface area contributed by atoms with Crippen LogP contribution in [0.4, 0.5) is 23.9 Å². The van der Waals surface area contributed by atoms with Gasteiger partial charge in [-0.15, -0.1) is 0 Å². The summed E-state index contributed by atoms with van der Waals surface area (Å²) in [5.74, 6) is 0.218. The van der Waals surface area contributed by atoms with Gasteiger partial charge in [-0.2, -0.15) is 13.2 Å². The number of nitrogens with zero attached hydrogens (tertiary/aromatic N) is 4. The summed E-state index contributed by atoms with van der Waals surface area (Å²) in [4.78, 5) is 37.8. The van der Waals surface area contributed by atoms with Crippen molar-refractivity contribution in [2.45, 2.75) is 26.1 Å². The van der Waals surface area contributed by atoms with Gasteiger partial charge in [-0.25, -0.2) is 14.8 Å². The molecule has 3 rings (SSSR count). The topological polar surface area (TPSA) is 91.4 Å². The normalized spacial score (nSPS) is 17.5. The first-order valence-corrected chi connectivity index (χ1v) is 8.97. The second-order valence-corrected chi connectivity index (χ2v) is 6.94. The molecule has 1 N–H and O–H groups in total. The average Bonchev–Trinajstić information content (AvgIpc) is 2.68. The van der Waals surface area contributed by atoms with Gasteiger partial charge in [0.15, 0.2) is 0 Å². The number of ether oxygens (including phenoxy) is 1. The van der Waals surface area contributed by atoms with Crippen LogP contribution in [0, 0.1) is 5.92 Å². The SMILES string of the molecule is CC(C)C1CN(c2ncccn2)CCN1C(=O)Oc1c[nH]c(=O)c(C(F)(F)F)c1. The number of anilines is 1. The number of alkyl halides is 3. The maximum Gasteiger partial charge on any atom is 0.421 e. The van der Waals surface area contributed by atoms with E-state index in [9.17, 15) is 22.8 Å². The lowest BCUT2D eigenvalue weighted by Gasteiger charge is -2.42. The zero-order chi connectivity index (χ0) is 21.2. The van der Waals surface area contributed by atoms with Crippen LogP contribution in [0.5, 0.6) is 5.75 Å². The molecule has 1 unspecified atom stereocenters. The average molecular weight is 411 g/mol. The first-order valence-electron chi connectivity index (χ1n) is 8.97. The molecule has 1 aliphatic heterocycles. The van der Waals surface area contributed by atoms with E-state index >= 15 is 0 Å². The molecule has 1 saturated heterocycles. The van der Waals surface area contributed by atoms with E-state index in [4.69, 9.17) is 4.74 Å². The highest BCUT2D eigenvalue weighted by Gasteiger charge is 2.36. The van der Waals surface area contributed by atoms with E-state index in [1.165, 1.54) is 4.90 Å². The summed E-state index contributed by atoms with van der Waals surface area (Å²) in [5.41, 5.74) is -2.72. The molecular formula is C18H20F3N5O3. The van der Waals surface area contributed by atoms with Gasteiger partial charge in [-0.3, -0.25) is 4.79 Å². The zero-order valence-electron chi connectivity index (χ0n) is 15.8. The van der Waals surface area contributed by atoms with Crippen LogP contribution in [-0.4, -0.2) is 51.6 Å². The Morgan fingerprint density at radius 3 is 2.59 bits per heavy atom. The summed E-state index contributed by atoms with van der Waals surface area (Å²) in [5, 5.41) is 0. The number of carbonyl (C=O) groups excluding carboxylic acids is 1. The van der Waals surface area contributed by atoms with E-state index < -0.39 is 23.4 Å². The van der Waals surface area contributed by atoms with E-state index in [-0.39, 0.29) is 24.3 Å². The van der Waals surface area contributed by atoms with E-state index in [0.29, 0.717) is 25.1 Å². The van der Waals surface area contributed by atoms with E-state index in [1.54, 1.807) is 18.5 Å². The summed E-state index contributed by atoms with van der Waals surface area (Å²) in [6.45, 7) is 5.05. The third-order valence-corrected chi connectivity index (χ3v) is 4.64. The van der Waals surface area contributed by atoms with Gasteiger partial charge in [0.25, 0.3) is 5.56 Å². The Kier molecular flexibility index (Phi) is 5.76. The van der Waals surface area contributed by atoms with Crippen LogP contribution in [0.3, 0.4) is 0 Å². The number of H-pyrrole nitrogens is 1. The van der Waals surface area contributed by atoms with Gasteiger partial charge in [0.1, 0.15) is 11.3 Å². The fourth-order valence-corrected chi connectivity index (χ4v) is 3.14. The van der Waals surface area contributed by atoms with Crippen molar-refractivity contribution < 1.29 is 22.7 Å². The summed E-state index contributed by atoms with van der Waals surface area (Å²) >= 11 is 0. The monoisotopic (exact) mass is 411 g/mol. The molecule has 3 heterocycles. The Morgan fingerprint density at radius 1 is 1.28 bits per heavy atom. The minimum atomic E-state index is -4.85. The Labute approximate surface area is 164 Å². The van der Waals surface area contributed by atoms with Gasteiger partial charge in [0.2, 0.25) is 5.95 Å². The number of pyridine rings is 1. The summed E-state index contributed by atoms with van der Waals surface area (Å²) in [7, 11) is 0. The molecule has 0 radical (unpaired) electrons. The number of piperazine rings is 1. The quantitative estimate of drug-likeness (QED) is 0.835. The molecule has 29 heavy (non-hydrogen) atoms. The Bertz CT molecular complexity index is 917. The van der Waals surface area contributed by atoms with E-state index in [1.807, 2.05) is 23.7 Å². The highest BCUT2D eigenvalue weighted by atomic mass is 19.4. The molecule has 2 aromatic heterocycles. The molecule has 11 heteroatoms. The molecule has 156 valence electrons. The van der Waals surface area contributed by atoms with Gasteiger partial charge < -0.3 is 19.5 Å². The van der Waals surface area contributed by atoms with Gasteiger partial charge in [0.05, 0.1) is 6.04 Å². The number of halogens is 3. The number of amides is 1. The predicted octanol–water partition coefficient (Wildman–Crippen LogP) is 2.53. The molecular weight excluding hydrogens is 391 g/mol. The van der Waals surface area contributed by atoms with Crippen LogP contribution in [0.2, 0.25) is 0 Å². The molecule has 0 aromatic carbocycles. The number of hydrogen-bond acceptors (Lipinski definition) is 6. The molecule has 1 atom stereocenters. The predicted molar refractivity (Wildman–Crippen MR) is 97.7 cm³/mol. The lowest BCUT2D eigenvalue weighted by Crippen LogP contribution is -2.58. The van der Waals surface area contributed by atoms with Crippen molar-refractivity contribution in [2.24, 2.45) is 5.92 Å². The van der Waals surface area contributed by atoms with Crippen molar-refractivity contribution in [3.05, 3.63) is 46.6 Å². The highest BCUT2D eigenvalue weighted by Crippen LogP contribution is 2.29. The van der Waals surface area contributed by atoms with Gasteiger partial charge in [-0.1, -0.05) is 13.8 Å². The van der Waals surface area contributed by atoms with Crippen LogP contribution < -0.4 is 15.2 Å². The maximum atomic E-state index is 12.9. The van der Waals surface area contributed by atoms with Crippen molar-refractivity contribution in [2.75, 3.05) is 24.5 Å². The molecule has 0 saturated carbocycles. The molecule has 1 amide bonds. The fraction of sp³-hybridized carbons (Fsp3) is 0.444. The number of rotatable bonds is 3. The summed E-state index contributed by atoms with van der Waals surface area (Å²) in [6, 6.07) is 1.97. The van der Waals surface area contributed by atoms with Gasteiger partial charge >= 0.3 is 12.3 Å². The standard InChI is InChI=1S/C18H20F3N5O3/c1-11(2)14-10-25(16-22-4-3-5-23-16)6-7-26(14)17(28)29-12-8-13(18(19,20)21)15(27)24-9-12/h3-5,8-9,11,14H,6-7,10H2,1-2H3,(H,24,27). The van der Waals surface area contributed by atoms with Crippen LogP contribution in [0.25, 0.3) is 0 Å².